The number of furan rings is 1. The molecule has 228 valence electrons. The number of nitrogens with zero attached hydrogens (tertiary/aromatic N) is 3. The maximum atomic E-state index is 6.40. The third-order valence-electron chi connectivity index (χ3n) is 9.47. The molecule has 0 atom stereocenters. The molecule has 10 rings (SSSR count). The van der Waals surface area contributed by atoms with Crippen LogP contribution in [0.3, 0.4) is 0 Å². The average molecular weight is 626 g/mol. The first-order valence-electron chi connectivity index (χ1n) is 16.4. The van der Waals surface area contributed by atoms with Crippen LogP contribution in [-0.4, -0.2) is 15.0 Å². The fourth-order valence-corrected chi connectivity index (χ4v) is 6.97. The van der Waals surface area contributed by atoms with E-state index in [1.165, 1.54) is 21.9 Å². The van der Waals surface area contributed by atoms with Crippen molar-refractivity contribution in [1.82, 2.24) is 15.0 Å². The molecule has 10 aromatic rings. The van der Waals surface area contributed by atoms with E-state index in [0.29, 0.717) is 17.5 Å². The van der Waals surface area contributed by atoms with Gasteiger partial charge in [-0.1, -0.05) is 121 Å². The lowest BCUT2D eigenvalue weighted by molar-refractivity contribution is 0.669. The predicted octanol–water partition coefficient (Wildman–Crippen LogP) is 11.9. The smallest absolute Gasteiger partial charge is 0.164 e. The summed E-state index contributed by atoms with van der Waals surface area (Å²) in [5, 5.41) is 9.12. The fourth-order valence-electron chi connectivity index (χ4n) is 6.97. The molecule has 49 heavy (non-hydrogen) atoms. The minimum Gasteiger partial charge on any atom is -0.456 e. The SMILES string of the molecule is c1ccc(-c2nc(-c3ccc4oc5cc6ccc(-c7ccc8ccccc8c7)cc6cc5c4c3)nc(-c3cccc4ccccc34)n2)cc1. The second kappa shape index (κ2) is 11.0. The summed E-state index contributed by atoms with van der Waals surface area (Å²) in [5.74, 6) is 1.90. The van der Waals surface area contributed by atoms with Crippen LogP contribution in [0.15, 0.2) is 168 Å². The Balaban J connectivity index is 1.13. The first-order chi connectivity index (χ1) is 24.2. The van der Waals surface area contributed by atoms with E-state index in [4.69, 9.17) is 19.4 Å². The van der Waals surface area contributed by atoms with Gasteiger partial charge in [-0.15, -0.1) is 0 Å². The summed E-state index contributed by atoms with van der Waals surface area (Å²) in [5.41, 5.74) is 6.89. The molecule has 0 spiro atoms. The molecule has 4 heteroatoms. The van der Waals surface area contributed by atoms with Crippen molar-refractivity contribution in [3.8, 4) is 45.3 Å². The molecule has 2 heterocycles. The molecule has 0 fully saturated rings. The Bertz CT molecular complexity index is 2890. The Morgan fingerprint density at radius 1 is 0.306 bits per heavy atom. The van der Waals surface area contributed by atoms with Gasteiger partial charge >= 0.3 is 0 Å². The van der Waals surface area contributed by atoms with E-state index in [2.05, 4.69) is 121 Å². The van der Waals surface area contributed by atoms with Crippen molar-refractivity contribution in [1.29, 1.82) is 0 Å². The standard InChI is InChI=1S/C45H27N3O/c1-2-11-30(12-3-1)43-46-44(48-45(47-43)38-16-8-14-29-10-6-7-15-37(29)38)35-21-22-41-39(25-35)40-26-36-24-33(19-20-34(36)27-42(40)49-41)32-18-17-28-9-4-5-13-31(28)23-32/h1-27H. The molecule has 0 aliphatic rings. The van der Waals surface area contributed by atoms with Crippen molar-refractivity contribution in [3.05, 3.63) is 164 Å². The van der Waals surface area contributed by atoms with Crippen LogP contribution in [0.2, 0.25) is 0 Å². The molecule has 0 aliphatic heterocycles. The second-order valence-corrected chi connectivity index (χ2v) is 12.5. The van der Waals surface area contributed by atoms with Crippen LogP contribution < -0.4 is 0 Å². The Morgan fingerprint density at radius 3 is 1.78 bits per heavy atom. The van der Waals surface area contributed by atoms with Gasteiger partial charge in [0.1, 0.15) is 11.2 Å². The molecular weight excluding hydrogens is 599 g/mol. The van der Waals surface area contributed by atoms with Gasteiger partial charge in [0.05, 0.1) is 0 Å². The molecule has 2 aromatic heterocycles. The van der Waals surface area contributed by atoms with Gasteiger partial charge in [0, 0.05) is 27.5 Å². The summed E-state index contributed by atoms with van der Waals surface area (Å²) < 4.78 is 6.40. The fraction of sp³-hybridized carbons (Fsp3) is 0. The summed E-state index contributed by atoms with van der Waals surface area (Å²) in [4.78, 5) is 15.1. The normalized spacial score (nSPS) is 11.7. The van der Waals surface area contributed by atoms with Gasteiger partial charge in [-0.2, -0.15) is 0 Å². The van der Waals surface area contributed by atoms with E-state index >= 15 is 0 Å². The van der Waals surface area contributed by atoms with Crippen LogP contribution >= 0.6 is 0 Å². The second-order valence-electron chi connectivity index (χ2n) is 12.5. The van der Waals surface area contributed by atoms with E-state index in [0.717, 1.165) is 60.2 Å². The monoisotopic (exact) mass is 625 g/mol. The number of fused-ring (bicyclic) bond motifs is 6. The minimum atomic E-state index is 0.618. The molecule has 0 bridgehead atoms. The molecule has 0 unspecified atom stereocenters. The lowest BCUT2D eigenvalue weighted by Gasteiger charge is -2.10. The summed E-state index contributed by atoms with van der Waals surface area (Å²) in [7, 11) is 0. The van der Waals surface area contributed by atoms with Gasteiger partial charge in [0.25, 0.3) is 0 Å². The molecule has 0 saturated heterocycles. The highest BCUT2D eigenvalue weighted by atomic mass is 16.3. The van der Waals surface area contributed by atoms with Gasteiger partial charge in [-0.3, -0.25) is 0 Å². The lowest BCUT2D eigenvalue weighted by atomic mass is 9.97. The third-order valence-corrected chi connectivity index (χ3v) is 9.47. The van der Waals surface area contributed by atoms with Crippen molar-refractivity contribution >= 4 is 54.3 Å². The van der Waals surface area contributed by atoms with Crippen molar-refractivity contribution in [3.63, 3.8) is 0 Å². The highest BCUT2D eigenvalue weighted by Crippen LogP contribution is 2.37. The number of hydrogen-bond donors (Lipinski definition) is 0. The van der Waals surface area contributed by atoms with E-state index in [1.807, 2.05) is 42.5 Å². The van der Waals surface area contributed by atoms with Gasteiger partial charge in [0.15, 0.2) is 17.5 Å². The molecule has 0 radical (unpaired) electrons. The van der Waals surface area contributed by atoms with E-state index in [-0.39, 0.29) is 0 Å². The quantitative estimate of drug-likeness (QED) is 0.195. The summed E-state index contributed by atoms with van der Waals surface area (Å²) in [6, 6.07) is 57.1. The Kier molecular flexibility index (Phi) is 6.15. The largest absolute Gasteiger partial charge is 0.456 e. The Hall–Kier alpha value is -6.65. The number of hydrogen-bond acceptors (Lipinski definition) is 4. The summed E-state index contributed by atoms with van der Waals surface area (Å²) >= 11 is 0. The van der Waals surface area contributed by atoms with Crippen LogP contribution in [0.5, 0.6) is 0 Å². The topological polar surface area (TPSA) is 51.8 Å². The summed E-state index contributed by atoms with van der Waals surface area (Å²) in [6.07, 6.45) is 0. The average Bonchev–Trinajstić information content (AvgIpc) is 3.53. The third kappa shape index (κ3) is 4.73. The first kappa shape index (κ1) is 27.5. The van der Waals surface area contributed by atoms with E-state index in [1.54, 1.807) is 0 Å². The predicted molar refractivity (Wildman–Crippen MR) is 201 cm³/mol. The van der Waals surface area contributed by atoms with Gasteiger partial charge < -0.3 is 4.42 Å². The zero-order chi connectivity index (χ0) is 32.3. The van der Waals surface area contributed by atoms with Crippen LogP contribution in [0, 0.1) is 0 Å². The maximum absolute atomic E-state index is 6.40. The molecular formula is C45H27N3O. The maximum Gasteiger partial charge on any atom is 0.164 e. The van der Waals surface area contributed by atoms with Crippen LogP contribution in [0.1, 0.15) is 0 Å². The molecule has 0 saturated carbocycles. The number of rotatable bonds is 4. The van der Waals surface area contributed by atoms with Crippen LogP contribution in [0.25, 0.3) is 99.5 Å². The van der Waals surface area contributed by atoms with Crippen LogP contribution in [0.4, 0.5) is 0 Å². The first-order valence-corrected chi connectivity index (χ1v) is 16.4. The number of benzene rings is 8. The van der Waals surface area contributed by atoms with Crippen molar-refractivity contribution in [2.45, 2.75) is 0 Å². The zero-order valence-corrected chi connectivity index (χ0v) is 26.3. The summed E-state index contributed by atoms with van der Waals surface area (Å²) in [6.45, 7) is 0. The Labute approximate surface area is 282 Å². The highest BCUT2D eigenvalue weighted by molar-refractivity contribution is 6.11. The molecule has 0 amide bonds. The van der Waals surface area contributed by atoms with Crippen molar-refractivity contribution < 1.29 is 4.42 Å². The van der Waals surface area contributed by atoms with Gasteiger partial charge in [-0.25, -0.2) is 15.0 Å². The lowest BCUT2D eigenvalue weighted by Crippen LogP contribution is -2.00. The zero-order valence-electron chi connectivity index (χ0n) is 26.3. The van der Waals surface area contributed by atoms with Crippen LogP contribution in [-0.2, 0) is 0 Å². The van der Waals surface area contributed by atoms with E-state index in [9.17, 15) is 0 Å². The molecule has 8 aromatic carbocycles. The highest BCUT2D eigenvalue weighted by Gasteiger charge is 2.16. The minimum absolute atomic E-state index is 0.618. The van der Waals surface area contributed by atoms with Crippen molar-refractivity contribution in [2.75, 3.05) is 0 Å². The van der Waals surface area contributed by atoms with Gasteiger partial charge in [-0.05, 0) is 85.9 Å². The number of aromatic nitrogens is 3. The molecule has 0 N–H and O–H groups in total. The molecule has 0 aliphatic carbocycles. The van der Waals surface area contributed by atoms with Gasteiger partial charge in [0.2, 0.25) is 0 Å². The molecule has 4 nitrogen and oxygen atoms in total. The van der Waals surface area contributed by atoms with Crippen molar-refractivity contribution in [2.24, 2.45) is 0 Å². The Morgan fingerprint density at radius 2 is 0.918 bits per heavy atom. The van der Waals surface area contributed by atoms with E-state index < -0.39 is 0 Å².